The summed E-state index contributed by atoms with van der Waals surface area (Å²) in [6, 6.07) is 5.60. The Morgan fingerprint density at radius 1 is 1.29 bits per heavy atom. The van der Waals surface area contributed by atoms with Crippen molar-refractivity contribution in [3.05, 3.63) is 23.8 Å². The Bertz CT molecular complexity index is 609. The number of rotatable bonds is 7. The van der Waals surface area contributed by atoms with E-state index in [4.69, 9.17) is 14.2 Å². The summed E-state index contributed by atoms with van der Waals surface area (Å²) >= 11 is 0. The average molecular weight is 335 g/mol. The fourth-order valence-electron chi connectivity index (χ4n) is 2.39. The van der Waals surface area contributed by atoms with E-state index in [1.807, 2.05) is 39.8 Å². The highest BCUT2D eigenvalue weighted by Gasteiger charge is 2.32. The molecular weight excluding hydrogens is 310 g/mol. The lowest BCUT2D eigenvalue weighted by atomic mass is 10.0. The number of carbonyl (C=O) groups is 2. The number of ether oxygens (including phenoxy) is 3. The second kappa shape index (κ2) is 7.55. The van der Waals surface area contributed by atoms with E-state index in [-0.39, 0.29) is 24.7 Å². The van der Waals surface area contributed by atoms with Gasteiger partial charge in [0.15, 0.2) is 24.7 Å². The van der Waals surface area contributed by atoms with Gasteiger partial charge in [0.2, 0.25) is 0 Å². The molecule has 24 heavy (non-hydrogen) atoms. The first kappa shape index (κ1) is 18.1. The first-order valence-corrected chi connectivity index (χ1v) is 8.13. The highest BCUT2D eigenvalue weighted by atomic mass is 16.6. The van der Waals surface area contributed by atoms with Gasteiger partial charge in [-0.15, -0.1) is 0 Å². The van der Waals surface area contributed by atoms with Crippen molar-refractivity contribution >= 4 is 11.9 Å². The largest absolute Gasteiger partial charge is 0.483 e. The third-order valence-corrected chi connectivity index (χ3v) is 3.47. The molecule has 1 aliphatic heterocycles. The van der Waals surface area contributed by atoms with Crippen molar-refractivity contribution in [3.63, 3.8) is 0 Å². The van der Waals surface area contributed by atoms with E-state index < -0.39 is 5.97 Å². The molecule has 0 aromatic heterocycles. The summed E-state index contributed by atoms with van der Waals surface area (Å²) in [6.45, 7) is 7.96. The molecule has 0 fully saturated rings. The highest BCUT2D eigenvalue weighted by molar-refractivity contribution is 5.80. The lowest BCUT2D eigenvalue weighted by Gasteiger charge is -2.18. The Balaban J connectivity index is 1.79. The first-order chi connectivity index (χ1) is 11.3. The number of nitrogens with one attached hydrogen (secondary N) is 1. The number of hydrogen-bond donors (Lipinski definition) is 1. The summed E-state index contributed by atoms with van der Waals surface area (Å²) in [5.41, 5.74) is 0.774. The molecule has 1 amide bonds. The van der Waals surface area contributed by atoms with Crippen LogP contribution in [0.5, 0.6) is 11.5 Å². The topological polar surface area (TPSA) is 73.9 Å². The van der Waals surface area contributed by atoms with Crippen molar-refractivity contribution in [2.75, 3.05) is 19.8 Å². The lowest BCUT2D eigenvalue weighted by Crippen LogP contribution is -2.32. The molecule has 132 valence electrons. The minimum absolute atomic E-state index is 0.266. The van der Waals surface area contributed by atoms with Crippen molar-refractivity contribution in [1.82, 2.24) is 5.32 Å². The second-order valence-electron chi connectivity index (χ2n) is 6.93. The summed E-state index contributed by atoms with van der Waals surface area (Å²) < 4.78 is 16.3. The van der Waals surface area contributed by atoms with Crippen LogP contribution >= 0.6 is 0 Å². The van der Waals surface area contributed by atoms with Gasteiger partial charge >= 0.3 is 5.97 Å². The standard InChI is InChI=1S/C18H25NO5/c1-12(2)9-19-15(20)10-23-16(21)11-22-14-7-5-6-13-8-18(3,4)24-17(13)14/h5-7,12H,8-11H2,1-4H3,(H,19,20). The molecule has 1 N–H and O–H groups in total. The normalized spacial score (nSPS) is 14.7. The van der Waals surface area contributed by atoms with Gasteiger partial charge < -0.3 is 19.5 Å². The van der Waals surface area contributed by atoms with Crippen LogP contribution in [-0.2, 0) is 20.7 Å². The Kier molecular flexibility index (Phi) is 5.70. The molecule has 1 aromatic rings. The number of carbonyl (C=O) groups excluding carboxylic acids is 2. The van der Waals surface area contributed by atoms with Crippen LogP contribution in [0.4, 0.5) is 0 Å². The molecule has 0 saturated carbocycles. The minimum Gasteiger partial charge on any atom is -0.483 e. The lowest BCUT2D eigenvalue weighted by molar-refractivity contribution is -0.150. The Labute approximate surface area is 142 Å². The van der Waals surface area contributed by atoms with E-state index >= 15 is 0 Å². The Morgan fingerprint density at radius 2 is 2.04 bits per heavy atom. The number of benzene rings is 1. The highest BCUT2D eigenvalue weighted by Crippen LogP contribution is 2.41. The summed E-state index contributed by atoms with van der Waals surface area (Å²) in [4.78, 5) is 23.2. The molecule has 0 atom stereocenters. The number of amides is 1. The van der Waals surface area contributed by atoms with E-state index in [9.17, 15) is 9.59 Å². The molecule has 1 aliphatic rings. The molecule has 6 heteroatoms. The molecule has 0 spiro atoms. The predicted octanol–water partition coefficient (Wildman–Crippen LogP) is 2.09. The molecule has 0 unspecified atom stereocenters. The fourth-order valence-corrected chi connectivity index (χ4v) is 2.39. The van der Waals surface area contributed by atoms with Crippen LogP contribution in [0, 0.1) is 5.92 Å². The second-order valence-corrected chi connectivity index (χ2v) is 6.93. The zero-order valence-corrected chi connectivity index (χ0v) is 14.7. The summed E-state index contributed by atoms with van der Waals surface area (Å²) in [5.74, 6) is 0.619. The molecule has 0 saturated heterocycles. The van der Waals surface area contributed by atoms with Crippen molar-refractivity contribution in [2.45, 2.75) is 39.7 Å². The van der Waals surface area contributed by atoms with Crippen LogP contribution < -0.4 is 14.8 Å². The molecule has 0 aliphatic carbocycles. The molecule has 6 nitrogen and oxygen atoms in total. The fraction of sp³-hybridized carbons (Fsp3) is 0.556. The Hall–Kier alpha value is -2.24. The number of hydrogen-bond acceptors (Lipinski definition) is 5. The van der Waals surface area contributed by atoms with E-state index in [0.717, 1.165) is 12.0 Å². The van der Waals surface area contributed by atoms with Crippen molar-refractivity contribution in [2.24, 2.45) is 5.92 Å². The van der Waals surface area contributed by atoms with Gasteiger partial charge in [-0.1, -0.05) is 26.0 Å². The van der Waals surface area contributed by atoms with E-state index in [0.29, 0.717) is 24.0 Å². The van der Waals surface area contributed by atoms with E-state index in [1.54, 1.807) is 6.07 Å². The van der Waals surface area contributed by atoms with Gasteiger partial charge in [-0.2, -0.15) is 0 Å². The van der Waals surface area contributed by atoms with Crippen LogP contribution in [-0.4, -0.2) is 37.2 Å². The van der Waals surface area contributed by atoms with Crippen molar-refractivity contribution in [3.8, 4) is 11.5 Å². The Morgan fingerprint density at radius 3 is 2.75 bits per heavy atom. The molecule has 0 radical (unpaired) electrons. The van der Waals surface area contributed by atoms with Crippen LogP contribution in [0.25, 0.3) is 0 Å². The van der Waals surface area contributed by atoms with Gasteiger partial charge in [0.05, 0.1) is 0 Å². The smallest absolute Gasteiger partial charge is 0.344 e. The molecule has 2 rings (SSSR count). The molecule has 1 aromatic carbocycles. The maximum absolute atomic E-state index is 11.7. The monoisotopic (exact) mass is 335 g/mol. The molecular formula is C18H25NO5. The van der Waals surface area contributed by atoms with Crippen LogP contribution in [0.2, 0.25) is 0 Å². The summed E-state index contributed by atoms with van der Waals surface area (Å²) in [7, 11) is 0. The molecule has 1 heterocycles. The zero-order chi connectivity index (χ0) is 17.7. The van der Waals surface area contributed by atoms with Crippen molar-refractivity contribution < 1.29 is 23.8 Å². The molecule has 0 bridgehead atoms. The zero-order valence-electron chi connectivity index (χ0n) is 14.7. The van der Waals surface area contributed by atoms with Crippen LogP contribution in [0.15, 0.2) is 18.2 Å². The van der Waals surface area contributed by atoms with Gasteiger partial charge in [-0.25, -0.2) is 4.79 Å². The van der Waals surface area contributed by atoms with Gasteiger partial charge in [0.25, 0.3) is 5.91 Å². The maximum atomic E-state index is 11.7. The average Bonchev–Trinajstić information content (AvgIpc) is 2.83. The van der Waals surface area contributed by atoms with Crippen molar-refractivity contribution in [1.29, 1.82) is 0 Å². The first-order valence-electron chi connectivity index (χ1n) is 8.13. The summed E-state index contributed by atoms with van der Waals surface area (Å²) in [5, 5.41) is 2.68. The minimum atomic E-state index is -0.593. The van der Waals surface area contributed by atoms with Crippen LogP contribution in [0.1, 0.15) is 33.3 Å². The SMILES string of the molecule is CC(C)CNC(=O)COC(=O)COc1cccc2c1OC(C)(C)C2. The quantitative estimate of drug-likeness (QED) is 0.773. The van der Waals surface area contributed by atoms with Gasteiger partial charge in [-0.3, -0.25) is 4.79 Å². The van der Waals surface area contributed by atoms with Gasteiger partial charge in [0, 0.05) is 18.5 Å². The van der Waals surface area contributed by atoms with E-state index in [2.05, 4.69) is 5.32 Å². The third kappa shape index (κ3) is 5.15. The third-order valence-electron chi connectivity index (χ3n) is 3.47. The predicted molar refractivity (Wildman–Crippen MR) is 89.2 cm³/mol. The van der Waals surface area contributed by atoms with Crippen LogP contribution in [0.3, 0.4) is 0 Å². The van der Waals surface area contributed by atoms with Gasteiger partial charge in [-0.05, 0) is 25.8 Å². The number of fused-ring (bicyclic) bond motifs is 1. The summed E-state index contributed by atoms with van der Waals surface area (Å²) in [6.07, 6.45) is 0.792. The number of esters is 1. The van der Waals surface area contributed by atoms with E-state index in [1.165, 1.54) is 0 Å². The number of para-hydroxylation sites is 1. The van der Waals surface area contributed by atoms with Gasteiger partial charge in [0.1, 0.15) is 5.60 Å². The maximum Gasteiger partial charge on any atom is 0.344 e.